The van der Waals surface area contributed by atoms with Gasteiger partial charge in [0.15, 0.2) is 6.61 Å². The zero-order valence-electron chi connectivity index (χ0n) is 14.8. The van der Waals surface area contributed by atoms with E-state index < -0.39 is 18.5 Å². The molecule has 0 saturated heterocycles. The smallest absolute Gasteiger partial charge is 0.377 e. The topological polar surface area (TPSA) is 116 Å². The van der Waals surface area contributed by atoms with Gasteiger partial charge in [0.2, 0.25) is 5.76 Å². The van der Waals surface area contributed by atoms with Crippen LogP contribution in [0.5, 0.6) is 0 Å². The molecule has 9 nitrogen and oxygen atoms in total. The zero-order valence-corrected chi connectivity index (χ0v) is 14.8. The van der Waals surface area contributed by atoms with Crippen molar-refractivity contribution in [1.82, 2.24) is 5.32 Å². The summed E-state index contributed by atoms with van der Waals surface area (Å²) in [5.41, 5.74) is 0.553. The number of carbonyl (C=O) groups excluding carboxylic acids is 3. The molecule has 0 saturated carbocycles. The molecule has 0 radical (unpaired) electrons. The number of carbonyl (C=O) groups is 3. The minimum Gasteiger partial charge on any atom is -0.493 e. The normalized spacial score (nSPS) is 12.8. The third-order valence-electron chi connectivity index (χ3n) is 3.63. The number of rotatable bonds is 7. The Bertz CT molecular complexity index is 874. The van der Waals surface area contributed by atoms with Crippen LogP contribution in [0, 0.1) is 0 Å². The van der Waals surface area contributed by atoms with E-state index in [-0.39, 0.29) is 36.1 Å². The van der Waals surface area contributed by atoms with Gasteiger partial charge in [-0.15, -0.1) is 0 Å². The molecule has 2 amide bonds. The Kier molecular flexibility index (Phi) is 6.29. The summed E-state index contributed by atoms with van der Waals surface area (Å²) < 4.78 is 20.1. The van der Waals surface area contributed by atoms with Crippen LogP contribution in [-0.2, 0) is 30.3 Å². The van der Waals surface area contributed by atoms with E-state index in [1.54, 1.807) is 36.4 Å². The Balaban J connectivity index is 1.54. The molecule has 1 aromatic heterocycles. The number of esters is 1. The molecule has 28 heavy (non-hydrogen) atoms. The first kappa shape index (κ1) is 19.0. The lowest BCUT2D eigenvalue weighted by Gasteiger charge is -2.14. The first-order valence-corrected chi connectivity index (χ1v) is 8.44. The largest absolute Gasteiger partial charge is 0.493 e. The second kappa shape index (κ2) is 9.26. The van der Waals surface area contributed by atoms with E-state index >= 15 is 0 Å². The van der Waals surface area contributed by atoms with Crippen molar-refractivity contribution in [3.63, 3.8) is 0 Å². The molecule has 3 rings (SSSR count). The standard InChI is InChI=1S/C19H18N2O7/c22-17(12-28-19(24)16-11-25-8-9-27-16)21-15-6-2-1-5-14(15)18(23)20-10-13-4-3-7-26-13/h1-7,11H,8-10,12H2,(H,20,23)(H,21,22). The quantitative estimate of drug-likeness (QED) is 0.694. The van der Waals surface area contributed by atoms with Gasteiger partial charge >= 0.3 is 5.97 Å². The molecule has 9 heteroatoms. The Morgan fingerprint density at radius 3 is 2.68 bits per heavy atom. The number of hydrogen-bond donors (Lipinski definition) is 2. The Hall–Kier alpha value is -3.75. The number of benzene rings is 1. The van der Waals surface area contributed by atoms with E-state index in [1.165, 1.54) is 6.26 Å². The molecule has 1 aliphatic rings. The van der Waals surface area contributed by atoms with Crippen molar-refractivity contribution >= 4 is 23.5 Å². The van der Waals surface area contributed by atoms with E-state index in [4.69, 9.17) is 18.6 Å². The van der Waals surface area contributed by atoms with Crippen molar-refractivity contribution in [3.05, 3.63) is 66.0 Å². The molecule has 0 spiro atoms. The van der Waals surface area contributed by atoms with Crippen molar-refractivity contribution < 1.29 is 33.0 Å². The van der Waals surface area contributed by atoms with Crippen molar-refractivity contribution in [3.8, 4) is 0 Å². The van der Waals surface area contributed by atoms with Gasteiger partial charge in [-0.1, -0.05) is 12.1 Å². The minimum absolute atomic E-state index is 0.100. The van der Waals surface area contributed by atoms with Crippen LogP contribution in [0.15, 0.2) is 59.1 Å². The second-order valence-electron chi connectivity index (χ2n) is 5.63. The van der Waals surface area contributed by atoms with Gasteiger partial charge in [-0.3, -0.25) is 9.59 Å². The van der Waals surface area contributed by atoms with E-state index in [0.29, 0.717) is 12.4 Å². The first-order chi connectivity index (χ1) is 13.6. The third-order valence-corrected chi connectivity index (χ3v) is 3.63. The van der Waals surface area contributed by atoms with Gasteiger partial charge in [0.05, 0.1) is 24.1 Å². The van der Waals surface area contributed by atoms with Gasteiger partial charge in [0, 0.05) is 0 Å². The van der Waals surface area contributed by atoms with Crippen LogP contribution in [0.2, 0.25) is 0 Å². The monoisotopic (exact) mass is 386 g/mol. The summed E-state index contributed by atoms with van der Waals surface area (Å²) in [6, 6.07) is 9.93. The predicted octanol–water partition coefficient (Wildman–Crippen LogP) is 1.58. The molecular formula is C19H18N2O7. The maximum atomic E-state index is 12.4. The van der Waals surface area contributed by atoms with E-state index in [2.05, 4.69) is 10.6 Å². The van der Waals surface area contributed by atoms with Crippen molar-refractivity contribution in [2.24, 2.45) is 0 Å². The summed E-state index contributed by atoms with van der Waals surface area (Å²) in [5.74, 6) is -1.29. The second-order valence-corrected chi connectivity index (χ2v) is 5.63. The number of hydrogen-bond acceptors (Lipinski definition) is 7. The highest BCUT2D eigenvalue weighted by Crippen LogP contribution is 2.15. The third kappa shape index (κ3) is 5.13. The van der Waals surface area contributed by atoms with Crippen molar-refractivity contribution in [2.45, 2.75) is 6.54 Å². The lowest BCUT2D eigenvalue weighted by atomic mass is 10.1. The lowest BCUT2D eigenvalue weighted by molar-refractivity contribution is -0.148. The van der Waals surface area contributed by atoms with E-state index in [0.717, 1.165) is 6.26 Å². The fourth-order valence-electron chi connectivity index (χ4n) is 2.33. The van der Waals surface area contributed by atoms with Crippen LogP contribution < -0.4 is 10.6 Å². The Morgan fingerprint density at radius 2 is 1.93 bits per heavy atom. The van der Waals surface area contributed by atoms with Gasteiger partial charge in [-0.05, 0) is 24.3 Å². The molecule has 0 aliphatic carbocycles. The molecule has 0 unspecified atom stereocenters. The molecule has 2 aromatic rings. The number of ether oxygens (including phenoxy) is 3. The molecule has 0 atom stereocenters. The highest BCUT2D eigenvalue weighted by atomic mass is 16.6. The Labute approximate surface area is 160 Å². The molecule has 1 aliphatic heterocycles. The first-order valence-electron chi connectivity index (χ1n) is 8.44. The van der Waals surface area contributed by atoms with Gasteiger partial charge in [0.1, 0.15) is 25.2 Å². The van der Waals surface area contributed by atoms with Crippen LogP contribution in [0.3, 0.4) is 0 Å². The lowest BCUT2D eigenvalue weighted by Crippen LogP contribution is -2.27. The van der Waals surface area contributed by atoms with Crippen LogP contribution in [0.1, 0.15) is 16.1 Å². The Morgan fingerprint density at radius 1 is 1.07 bits per heavy atom. The number of para-hydroxylation sites is 1. The minimum atomic E-state index is -0.806. The van der Waals surface area contributed by atoms with Crippen LogP contribution in [-0.4, -0.2) is 37.6 Å². The van der Waals surface area contributed by atoms with Crippen LogP contribution in [0.25, 0.3) is 0 Å². The molecule has 0 fully saturated rings. The SMILES string of the molecule is O=C(COC(=O)C1=COCCO1)Nc1ccccc1C(=O)NCc1ccco1. The zero-order chi connectivity index (χ0) is 19.8. The van der Waals surface area contributed by atoms with E-state index in [9.17, 15) is 14.4 Å². The number of nitrogens with one attached hydrogen (secondary N) is 2. The summed E-state index contributed by atoms with van der Waals surface area (Å²) in [7, 11) is 0. The molecule has 2 N–H and O–H groups in total. The van der Waals surface area contributed by atoms with Gasteiger partial charge in [-0.25, -0.2) is 4.79 Å². The number of furan rings is 1. The fraction of sp³-hybridized carbons (Fsp3) is 0.211. The van der Waals surface area contributed by atoms with Gasteiger partial charge in [0.25, 0.3) is 11.8 Å². The maximum absolute atomic E-state index is 12.4. The summed E-state index contributed by atoms with van der Waals surface area (Å²) in [6.45, 7) is 0.244. The molecule has 2 heterocycles. The summed E-state index contributed by atoms with van der Waals surface area (Å²) in [5, 5.41) is 5.25. The number of anilines is 1. The highest BCUT2D eigenvalue weighted by molar-refractivity contribution is 6.04. The van der Waals surface area contributed by atoms with Crippen LogP contribution >= 0.6 is 0 Å². The average Bonchev–Trinajstić information content (AvgIpc) is 3.25. The average molecular weight is 386 g/mol. The molecular weight excluding hydrogens is 368 g/mol. The van der Waals surface area contributed by atoms with Gasteiger partial charge < -0.3 is 29.3 Å². The molecule has 1 aromatic carbocycles. The van der Waals surface area contributed by atoms with Crippen LogP contribution in [0.4, 0.5) is 5.69 Å². The fourth-order valence-corrected chi connectivity index (χ4v) is 2.33. The maximum Gasteiger partial charge on any atom is 0.377 e. The van der Waals surface area contributed by atoms with Gasteiger partial charge in [-0.2, -0.15) is 0 Å². The predicted molar refractivity (Wildman–Crippen MR) is 95.9 cm³/mol. The summed E-state index contributed by atoms with van der Waals surface area (Å²) in [4.78, 5) is 36.3. The summed E-state index contributed by atoms with van der Waals surface area (Å²) >= 11 is 0. The van der Waals surface area contributed by atoms with E-state index in [1.807, 2.05) is 0 Å². The summed E-state index contributed by atoms with van der Waals surface area (Å²) in [6.07, 6.45) is 2.65. The van der Waals surface area contributed by atoms with Crippen molar-refractivity contribution in [2.75, 3.05) is 25.1 Å². The number of amides is 2. The highest BCUT2D eigenvalue weighted by Gasteiger charge is 2.19. The molecule has 146 valence electrons. The molecule has 0 bridgehead atoms. The van der Waals surface area contributed by atoms with Crippen molar-refractivity contribution in [1.29, 1.82) is 0 Å².